The van der Waals surface area contributed by atoms with Gasteiger partial charge in [-0.2, -0.15) is 5.26 Å². The first-order chi connectivity index (χ1) is 9.13. The maximum atomic E-state index is 10.5. The number of carbonyl (C=O) groups excluding carboxylic acids is 1. The summed E-state index contributed by atoms with van der Waals surface area (Å²) in [5.74, 6) is -0.280. The molecule has 0 heterocycles. The number of nitriles is 1. The number of rotatable bonds is 8. The van der Waals surface area contributed by atoms with Crippen molar-refractivity contribution in [3.05, 3.63) is 35.4 Å². The van der Waals surface area contributed by atoms with Gasteiger partial charge in [0.15, 0.2) is 0 Å². The van der Waals surface area contributed by atoms with Crippen LogP contribution in [0.15, 0.2) is 24.3 Å². The van der Waals surface area contributed by atoms with Crippen LogP contribution in [0.4, 0.5) is 0 Å². The number of nitrogens with two attached hydrogens (primary N) is 1. The fourth-order valence-corrected chi connectivity index (χ4v) is 1.69. The Morgan fingerprint density at radius 1 is 1.37 bits per heavy atom. The maximum absolute atomic E-state index is 10.5. The zero-order valence-corrected chi connectivity index (χ0v) is 10.8. The van der Waals surface area contributed by atoms with Gasteiger partial charge in [-0.3, -0.25) is 4.79 Å². The first-order valence-electron chi connectivity index (χ1n) is 6.30. The average Bonchev–Trinajstić information content (AvgIpc) is 2.42. The van der Waals surface area contributed by atoms with Crippen molar-refractivity contribution in [2.45, 2.75) is 25.4 Å². The lowest BCUT2D eigenvalue weighted by Gasteiger charge is -2.12. The Hall–Kier alpha value is -1.90. The number of unbranched alkanes of at least 4 members (excludes halogenated alkanes) is 1. The van der Waals surface area contributed by atoms with Gasteiger partial charge >= 0.3 is 0 Å². The zero-order chi connectivity index (χ0) is 14.1. The summed E-state index contributed by atoms with van der Waals surface area (Å²) in [6, 6.07) is 8.90. The van der Waals surface area contributed by atoms with E-state index in [-0.39, 0.29) is 5.91 Å². The van der Waals surface area contributed by atoms with Gasteiger partial charge < -0.3 is 16.2 Å². The van der Waals surface area contributed by atoms with Gasteiger partial charge in [-0.15, -0.1) is 0 Å². The molecule has 4 N–H and O–H groups in total. The van der Waals surface area contributed by atoms with Crippen molar-refractivity contribution in [1.29, 1.82) is 5.26 Å². The highest BCUT2D eigenvalue weighted by molar-refractivity contribution is 5.73. The van der Waals surface area contributed by atoms with Gasteiger partial charge in [0.1, 0.15) is 0 Å². The van der Waals surface area contributed by atoms with Gasteiger partial charge in [0.05, 0.1) is 17.7 Å². The van der Waals surface area contributed by atoms with Gasteiger partial charge in [-0.1, -0.05) is 12.1 Å². The molecule has 1 aromatic rings. The SMILES string of the molecule is N#Cc1ccc(C(O)CNCCCCC(N)=O)cc1. The number of hydrogen-bond acceptors (Lipinski definition) is 4. The number of hydrogen-bond donors (Lipinski definition) is 3. The Balaban J connectivity index is 2.21. The van der Waals surface area contributed by atoms with Crippen molar-refractivity contribution in [2.75, 3.05) is 13.1 Å². The summed E-state index contributed by atoms with van der Waals surface area (Å²) < 4.78 is 0. The topological polar surface area (TPSA) is 99.1 Å². The second-order valence-corrected chi connectivity index (χ2v) is 4.38. The summed E-state index contributed by atoms with van der Waals surface area (Å²) in [5.41, 5.74) is 6.39. The molecular formula is C14H19N3O2. The second-order valence-electron chi connectivity index (χ2n) is 4.38. The van der Waals surface area contributed by atoms with Crippen molar-refractivity contribution < 1.29 is 9.90 Å². The highest BCUT2D eigenvalue weighted by Gasteiger charge is 2.06. The van der Waals surface area contributed by atoms with Crippen molar-refractivity contribution in [3.8, 4) is 6.07 Å². The fourth-order valence-electron chi connectivity index (χ4n) is 1.69. The lowest BCUT2D eigenvalue weighted by molar-refractivity contribution is -0.118. The minimum Gasteiger partial charge on any atom is -0.387 e. The summed E-state index contributed by atoms with van der Waals surface area (Å²) in [4.78, 5) is 10.5. The molecule has 5 heteroatoms. The van der Waals surface area contributed by atoms with Crippen molar-refractivity contribution in [2.24, 2.45) is 5.73 Å². The fraction of sp³-hybridized carbons (Fsp3) is 0.429. The monoisotopic (exact) mass is 261 g/mol. The quantitative estimate of drug-likeness (QED) is 0.604. The summed E-state index contributed by atoms with van der Waals surface area (Å²) in [6.07, 6.45) is 1.42. The van der Waals surface area contributed by atoms with Crippen LogP contribution in [-0.2, 0) is 4.79 Å². The molecule has 1 aromatic carbocycles. The van der Waals surface area contributed by atoms with E-state index in [1.807, 2.05) is 6.07 Å². The van der Waals surface area contributed by atoms with E-state index < -0.39 is 6.10 Å². The largest absolute Gasteiger partial charge is 0.387 e. The molecule has 0 spiro atoms. The van der Waals surface area contributed by atoms with E-state index in [1.165, 1.54) is 0 Å². The predicted octanol–water partition coefficient (Wildman–Crippen LogP) is 0.837. The number of nitrogens with one attached hydrogen (secondary N) is 1. The number of primary amides is 1. The third-order valence-electron chi connectivity index (χ3n) is 2.79. The molecule has 0 saturated carbocycles. The van der Waals surface area contributed by atoms with Gasteiger partial charge in [0.2, 0.25) is 5.91 Å². The third kappa shape index (κ3) is 6.00. The van der Waals surface area contributed by atoms with E-state index in [0.717, 1.165) is 24.9 Å². The molecule has 0 fully saturated rings. The van der Waals surface area contributed by atoms with Crippen molar-refractivity contribution >= 4 is 5.91 Å². The van der Waals surface area contributed by atoms with Gasteiger partial charge in [0.25, 0.3) is 0 Å². The Morgan fingerprint density at radius 3 is 2.63 bits per heavy atom. The number of amides is 1. The Kier molecular flexibility index (Phi) is 6.58. The van der Waals surface area contributed by atoms with Crippen LogP contribution in [0.25, 0.3) is 0 Å². The lowest BCUT2D eigenvalue weighted by Crippen LogP contribution is -2.22. The molecule has 1 rings (SSSR count). The number of nitrogens with zero attached hydrogens (tertiary/aromatic N) is 1. The minimum atomic E-state index is -0.594. The van der Waals surface area contributed by atoms with E-state index in [1.54, 1.807) is 24.3 Å². The standard InChI is InChI=1S/C14H19N3O2/c15-9-11-4-6-12(7-5-11)13(18)10-17-8-2-1-3-14(16)19/h4-7,13,17-18H,1-3,8,10H2,(H2,16,19). The smallest absolute Gasteiger partial charge is 0.217 e. The molecular weight excluding hydrogens is 242 g/mol. The summed E-state index contributed by atoms with van der Waals surface area (Å²) >= 11 is 0. The van der Waals surface area contributed by atoms with Crippen molar-refractivity contribution in [1.82, 2.24) is 5.32 Å². The summed E-state index contributed by atoms with van der Waals surface area (Å²) in [7, 11) is 0. The number of aliphatic hydroxyl groups is 1. The molecule has 0 radical (unpaired) electrons. The van der Waals surface area contributed by atoms with Gasteiger partial charge in [-0.05, 0) is 37.1 Å². The minimum absolute atomic E-state index is 0.280. The van der Waals surface area contributed by atoms with Gasteiger partial charge in [0, 0.05) is 13.0 Å². The van der Waals surface area contributed by atoms with E-state index in [0.29, 0.717) is 18.5 Å². The van der Waals surface area contributed by atoms with E-state index in [9.17, 15) is 9.90 Å². The molecule has 1 amide bonds. The first kappa shape index (κ1) is 15.2. The zero-order valence-electron chi connectivity index (χ0n) is 10.8. The average molecular weight is 261 g/mol. The molecule has 102 valence electrons. The molecule has 0 saturated heterocycles. The van der Waals surface area contributed by atoms with Crippen LogP contribution in [0.2, 0.25) is 0 Å². The second kappa shape index (κ2) is 8.25. The maximum Gasteiger partial charge on any atom is 0.217 e. The van der Waals surface area contributed by atoms with Crippen molar-refractivity contribution in [3.63, 3.8) is 0 Å². The first-order valence-corrected chi connectivity index (χ1v) is 6.30. The van der Waals surface area contributed by atoms with Crippen LogP contribution >= 0.6 is 0 Å². The van der Waals surface area contributed by atoms with Crippen LogP contribution in [0, 0.1) is 11.3 Å². The van der Waals surface area contributed by atoms with Gasteiger partial charge in [-0.25, -0.2) is 0 Å². The summed E-state index contributed by atoms with van der Waals surface area (Å²) in [6.45, 7) is 1.18. The predicted molar refractivity (Wildman–Crippen MR) is 72.0 cm³/mol. The van der Waals surface area contributed by atoms with E-state index >= 15 is 0 Å². The molecule has 0 aromatic heterocycles. The Bertz CT molecular complexity index is 437. The molecule has 1 atom stereocenters. The summed E-state index contributed by atoms with van der Waals surface area (Å²) in [5, 5.41) is 21.7. The molecule has 0 bridgehead atoms. The third-order valence-corrected chi connectivity index (χ3v) is 2.79. The highest BCUT2D eigenvalue weighted by Crippen LogP contribution is 2.12. The normalized spacial score (nSPS) is 11.8. The number of benzene rings is 1. The number of aliphatic hydroxyl groups excluding tert-OH is 1. The lowest BCUT2D eigenvalue weighted by atomic mass is 10.1. The van der Waals surface area contributed by atoms with E-state index in [4.69, 9.17) is 11.0 Å². The Labute approximate surface area is 113 Å². The molecule has 0 aliphatic carbocycles. The van der Waals surface area contributed by atoms with E-state index in [2.05, 4.69) is 5.32 Å². The van der Waals surface area contributed by atoms with Crippen LogP contribution in [0.3, 0.4) is 0 Å². The van der Waals surface area contributed by atoms with Crippen LogP contribution in [-0.4, -0.2) is 24.1 Å². The molecule has 1 unspecified atom stereocenters. The van der Waals surface area contributed by atoms with Crippen LogP contribution in [0.1, 0.15) is 36.5 Å². The number of carbonyl (C=O) groups is 1. The Morgan fingerprint density at radius 2 is 2.05 bits per heavy atom. The highest BCUT2D eigenvalue weighted by atomic mass is 16.3. The molecule has 19 heavy (non-hydrogen) atoms. The van der Waals surface area contributed by atoms with Crippen LogP contribution in [0.5, 0.6) is 0 Å². The van der Waals surface area contributed by atoms with Crippen LogP contribution < -0.4 is 11.1 Å². The molecule has 5 nitrogen and oxygen atoms in total. The molecule has 0 aliphatic rings. The molecule has 0 aliphatic heterocycles.